The summed E-state index contributed by atoms with van der Waals surface area (Å²) in [7, 11) is 0. The molecule has 0 spiro atoms. The largest absolute Gasteiger partial charge is 0.394 e. The Morgan fingerprint density at radius 2 is 1.72 bits per heavy atom. The van der Waals surface area contributed by atoms with E-state index in [4.69, 9.17) is 17.2 Å². The van der Waals surface area contributed by atoms with Crippen molar-refractivity contribution in [2.45, 2.75) is 12.6 Å². The predicted octanol–water partition coefficient (Wildman–Crippen LogP) is 1.48. The van der Waals surface area contributed by atoms with Gasteiger partial charge in [0.25, 0.3) is 0 Å². The maximum absolute atomic E-state index is 14.1. The lowest BCUT2D eigenvalue weighted by atomic mass is 10.1. The van der Waals surface area contributed by atoms with Crippen LogP contribution >= 0.6 is 0 Å². The standard InChI is InChI=1S/C12H14FN5/c13-8(7-4-2-1-3-5-7)6-9-10(14)11(15)18-12(16)17-9/h1-5,8H,6,14H2,(H4,15,16,17,18). The van der Waals surface area contributed by atoms with Crippen molar-refractivity contribution in [1.82, 2.24) is 9.97 Å². The van der Waals surface area contributed by atoms with Crippen molar-refractivity contribution in [3.05, 3.63) is 41.6 Å². The van der Waals surface area contributed by atoms with Gasteiger partial charge in [0.15, 0.2) is 5.82 Å². The zero-order valence-electron chi connectivity index (χ0n) is 9.68. The molecule has 0 saturated carbocycles. The van der Waals surface area contributed by atoms with Crippen molar-refractivity contribution in [3.8, 4) is 0 Å². The number of alkyl halides is 1. The van der Waals surface area contributed by atoms with E-state index in [-0.39, 0.29) is 23.9 Å². The highest BCUT2D eigenvalue weighted by atomic mass is 19.1. The van der Waals surface area contributed by atoms with Crippen LogP contribution in [0.4, 0.5) is 21.8 Å². The molecule has 0 amide bonds. The molecule has 0 saturated heterocycles. The number of nitrogens with two attached hydrogens (primary N) is 3. The van der Waals surface area contributed by atoms with Gasteiger partial charge in [0.05, 0.1) is 11.4 Å². The third-order valence-electron chi connectivity index (χ3n) is 2.61. The Balaban J connectivity index is 2.24. The number of halogens is 1. The zero-order chi connectivity index (χ0) is 13.1. The van der Waals surface area contributed by atoms with Gasteiger partial charge in [-0.3, -0.25) is 0 Å². The van der Waals surface area contributed by atoms with Crippen LogP contribution in [-0.2, 0) is 6.42 Å². The average molecular weight is 247 g/mol. The van der Waals surface area contributed by atoms with Crippen molar-refractivity contribution in [2.24, 2.45) is 0 Å². The number of anilines is 3. The molecule has 1 aromatic carbocycles. The molecule has 1 unspecified atom stereocenters. The number of hydrogen-bond donors (Lipinski definition) is 3. The first-order valence-corrected chi connectivity index (χ1v) is 5.44. The highest BCUT2D eigenvalue weighted by molar-refractivity contribution is 5.62. The van der Waals surface area contributed by atoms with Crippen LogP contribution in [0.2, 0.25) is 0 Å². The van der Waals surface area contributed by atoms with Crippen LogP contribution in [0.5, 0.6) is 0 Å². The summed E-state index contributed by atoms with van der Waals surface area (Å²) in [4.78, 5) is 7.63. The fraction of sp³-hybridized carbons (Fsp3) is 0.167. The van der Waals surface area contributed by atoms with Gasteiger partial charge < -0.3 is 17.2 Å². The van der Waals surface area contributed by atoms with E-state index in [0.717, 1.165) is 0 Å². The Labute approximate surface area is 104 Å². The average Bonchev–Trinajstić information content (AvgIpc) is 2.36. The molecule has 5 nitrogen and oxygen atoms in total. The number of aromatic nitrogens is 2. The number of nitrogen functional groups attached to an aromatic ring is 3. The number of rotatable bonds is 3. The summed E-state index contributed by atoms with van der Waals surface area (Å²) >= 11 is 0. The molecule has 6 N–H and O–H groups in total. The lowest BCUT2D eigenvalue weighted by Gasteiger charge is -2.11. The first-order chi connectivity index (χ1) is 8.58. The van der Waals surface area contributed by atoms with Crippen LogP contribution in [-0.4, -0.2) is 9.97 Å². The normalized spacial score (nSPS) is 12.3. The second kappa shape index (κ2) is 4.87. The minimum absolute atomic E-state index is 0.00281. The van der Waals surface area contributed by atoms with Crippen molar-refractivity contribution in [1.29, 1.82) is 0 Å². The molecule has 0 fully saturated rings. The summed E-state index contributed by atoms with van der Waals surface area (Å²) in [6.45, 7) is 0. The van der Waals surface area contributed by atoms with Gasteiger partial charge >= 0.3 is 0 Å². The highest BCUT2D eigenvalue weighted by Crippen LogP contribution is 2.26. The van der Waals surface area contributed by atoms with Crippen LogP contribution in [0.25, 0.3) is 0 Å². The molecule has 1 atom stereocenters. The Morgan fingerprint density at radius 1 is 1.06 bits per heavy atom. The Kier molecular flexibility index (Phi) is 3.27. The van der Waals surface area contributed by atoms with Gasteiger partial charge in [0.1, 0.15) is 6.17 Å². The van der Waals surface area contributed by atoms with E-state index in [0.29, 0.717) is 11.3 Å². The van der Waals surface area contributed by atoms with Gasteiger partial charge in [-0.05, 0) is 5.56 Å². The van der Waals surface area contributed by atoms with Crippen LogP contribution in [0.15, 0.2) is 30.3 Å². The maximum Gasteiger partial charge on any atom is 0.222 e. The van der Waals surface area contributed by atoms with Gasteiger partial charge in [-0.15, -0.1) is 0 Å². The molecule has 1 heterocycles. The molecular formula is C12H14FN5. The molecular weight excluding hydrogens is 233 g/mol. The van der Waals surface area contributed by atoms with E-state index >= 15 is 0 Å². The van der Waals surface area contributed by atoms with Gasteiger partial charge in [0.2, 0.25) is 5.95 Å². The molecule has 0 aliphatic carbocycles. The third-order valence-corrected chi connectivity index (χ3v) is 2.61. The van der Waals surface area contributed by atoms with Crippen LogP contribution in [0.3, 0.4) is 0 Å². The molecule has 2 aromatic rings. The second-order valence-electron chi connectivity index (χ2n) is 3.91. The summed E-state index contributed by atoms with van der Waals surface area (Å²) in [6.07, 6.45) is -1.19. The van der Waals surface area contributed by atoms with E-state index in [1.54, 1.807) is 24.3 Å². The van der Waals surface area contributed by atoms with Gasteiger partial charge in [0, 0.05) is 6.42 Å². The summed E-state index contributed by atoms with van der Waals surface area (Å²) in [5, 5.41) is 0. The topological polar surface area (TPSA) is 104 Å². The Hall–Kier alpha value is -2.37. The molecule has 18 heavy (non-hydrogen) atoms. The minimum Gasteiger partial charge on any atom is -0.394 e. The minimum atomic E-state index is -1.21. The fourth-order valence-electron chi connectivity index (χ4n) is 1.66. The van der Waals surface area contributed by atoms with Gasteiger partial charge in [-0.2, -0.15) is 4.98 Å². The van der Waals surface area contributed by atoms with Crippen molar-refractivity contribution < 1.29 is 4.39 Å². The van der Waals surface area contributed by atoms with Crippen molar-refractivity contribution in [2.75, 3.05) is 17.2 Å². The van der Waals surface area contributed by atoms with Crippen molar-refractivity contribution in [3.63, 3.8) is 0 Å². The smallest absolute Gasteiger partial charge is 0.222 e. The maximum atomic E-state index is 14.1. The van der Waals surface area contributed by atoms with Gasteiger partial charge in [-0.25, -0.2) is 9.37 Å². The third kappa shape index (κ3) is 2.48. The van der Waals surface area contributed by atoms with E-state index in [2.05, 4.69) is 9.97 Å². The first kappa shape index (κ1) is 12.1. The quantitative estimate of drug-likeness (QED) is 0.762. The Bertz CT molecular complexity index is 544. The molecule has 2 rings (SSSR count). The van der Waals surface area contributed by atoms with E-state index < -0.39 is 6.17 Å². The zero-order valence-corrected chi connectivity index (χ0v) is 9.68. The van der Waals surface area contributed by atoms with Crippen LogP contribution < -0.4 is 17.2 Å². The summed E-state index contributed by atoms with van der Waals surface area (Å²) in [5.74, 6) is 0.0784. The lowest BCUT2D eigenvalue weighted by molar-refractivity contribution is 0.340. The molecule has 0 bridgehead atoms. The highest BCUT2D eigenvalue weighted by Gasteiger charge is 2.15. The SMILES string of the molecule is Nc1nc(N)c(N)c(CC(F)c2ccccc2)n1. The molecule has 6 heteroatoms. The summed E-state index contributed by atoms with van der Waals surface area (Å²) in [6, 6.07) is 8.77. The number of hydrogen-bond acceptors (Lipinski definition) is 5. The van der Waals surface area contributed by atoms with E-state index in [1.807, 2.05) is 6.07 Å². The first-order valence-electron chi connectivity index (χ1n) is 5.44. The summed E-state index contributed by atoms with van der Waals surface area (Å²) in [5.41, 5.74) is 17.8. The summed E-state index contributed by atoms with van der Waals surface area (Å²) < 4.78 is 14.1. The van der Waals surface area contributed by atoms with Gasteiger partial charge in [-0.1, -0.05) is 30.3 Å². The van der Waals surface area contributed by atoms with Crippen LogP contribution in [0, 0.1) is 0 Å². The molecule has 1 aromatic heterocycles. The lowest BCUT2D eigenvalue weighted by Crippen LogP contribution is -2.10. The van der Waals surface area contributed by atoms with E-state index in [9.17, 15) is 4.39 Å². The molecule has 0 aliphatic heterocycles. The molecule has 94 valence electrons. The second-order valence-corrected chi connectivity index (χ2v) is 3.91. The molecule has 0 aliphatic rings. The van der Waals surface area contributed by atoms with E-state index in [1.165, 1.54) is 0 Å². The fourth-order valence-corrected chi connectivity index (χ4v) is 1.66. The van der Waals surface area contributed by atoms with Crippen molar-refractivity contribution >= 4 is 17.5 Å². The molecule has 0 radical (unpaired) electrons. The predicted molar refractivity (Wildman–Crippen MR) is 69.3 cm³/mol. The number of nitrogens with zero attached hydrogens (tertiary/aromatic N) is 2. The number of benzene rings is 1. The van der Waals surface area contributed by atoms with Crippen LogP contribution in [0.1, 0.15) is 17.4 Å². The monoisotopic (exact) mass is 247 g/mol. The Morgan fingerprint density at radius 3 is 2.39 bits per heavy atom.